The van der Waals surface area contributed by atoms with Crippen LogP contribution in [-0.2, 0) is 7.05 Å². The summed E-state index contributed by atoms with van der Waals surface area (Å²) in [5.74, 6) is 0.463. The molecule has 0 saturated heterocycles. The van der Waals surface area contributed by atoms with Gasteiger partial charge in [-0.2, -0.15) is 0 Å². The highest BCUT2D eigenvalue weighted by atomic mass is 16.1. The van der Waals surface area contributed by atoms with Gasteiger partial charge in [0.05, 0.1) is 11.0 Å². The molecule has 0 N–H and O–H groups in total. The molecule has 78 valence electrons. The van der Waals surface area contributed by atoms with Crippen LogP contribution in [0.4, 0.5) is 0 Å². The van der Waals surface area contributed by atoms with Crippen molar-refractivity contribution in [3.05, 3.63) is 42.2 Å². The van der Waals surface area contributed by atoms with E-state index in [2.05, 4.69) is 17.1 Å². The van der Waals surface area contributed by atoms with Crippen molar-refractivity contribution < 1.29 is 4.79 Å². The van der Waals surface area contributed by atoms with Crippen LogP contribution in [0.3, 0.4) is 0 Å². The van der Waals surface area contributed by atoms with Gasteiger partial charge in [0, 0.05) is 7.05 Å². The molecule has 0 aliphatic rings. The molecule has 3 nitrogen and oxygen atoms in total. The first kappa shape index (κ1) is 9.09. The van der Waals surface area contributed by atoms with Gasteiger partial charge in [0.1, 0.15) is 0 Å². The number of benzene rings is 2. The highest BCUT2D eigenvalue weighted by Gasteiger charge is 2.07. The Morgan fingerprint density at radius 1 is 1.19 bits per heavy atom. The van der Waals surface area contributed by atoms with Crippen molar-refractivity contribution in [2.75, 3.05) is 0 Å². The van der Waals surface area contributed by atoms with Crippen LogP contribution >= 0.6 is 0 Å². The van der Waals surface area contributed by atoms with Crippen molar-refractivity contribution >= 4 is 28.1 Å². The minimum Gasteiger partial charge on any atom is -0.325 e. The molecule has 0 aliphatic heterocycles. The molecule has 0 fully saturated rings. The maximum atomic E-state index is 10.8. The molecule has 0 aliphatic carbocycles. The quantitative estimate of drug-likeness (QED) is 0.578. The maximum absolute atomic E-state index is 10.8. The van der Waals surface area contributed by atoms with Crippen molar-refractivity contribution in [3.8, 4) is 0 Å². The normalized spacial score (nSPS) is 11.1. The van der Waals surface area contributed by atoms with Crippen molar-refractivity contribution in [2.24, 2.45) is 7.05 Å². The van der Waals surface area contributed by atoms with E-state index in [0.29, 0.717) is 5.82 Å². The van der Waals surface area contributed by atoms with Gasteiger partial charge < -0.3 is 4.57 Å². The lowest BCUT2D eigenvalue weighted by atomic mass is 10.1. The average molecular weight is 210 g/mol. The van der Waals surface area contributed by atoms with Crippen molar-refractivity contribution in [1.82, 2.24) is 9.55 Å². The molecule has 0 unspecified atom stereocenters. The first-order valence-electron chi connectivity index (χ1n) is 5.10. The molecule has 1 heterocycles. The standard InChI is InChI=1S/C13H10N2O/c1-15-12-7-10-5-3-2-4-9(10)6-11(12)14-13(15)8-16/h2-8H,1H3. The lowest BCUT2D eigenvalue weighted by Crippen LogP contribution is -1.94. The number of carbonyl (C=O) groups excluding carboxylic acids is 1. The van der Waals surface area contributed by atoms with Crippen LogP contribution in [0, 0.1) is 0 Å². The Morgan fingerprint density at radius 2 is 1.88 bits per heavy atom. The number of hydrogen-bond acceptors (Lipinski definition) is 2. The minimum absolute atomic E-state index is 0.463. The van der Waals surface area contributed by atoms with Crippen LogP contribution in [-0.4, -0.2) is 15.8 Å². The summed E-state index contributed by atoms with van der Waals surface area (Å²) >= 11 is 0. The number of nitrogens with zero attached hydrogens (tertiary/aromatic N) is 2. The Kier molecular flexibility index (Phi) is 1.80. The first-order valence-corrected chi connectivity index (χ1v) is 5.10. The van der Waals surface area contributed by atoms with Crippen LogP contribution in [0.25, 0.3) is 21.8 Å². The third-order valence-corrected chi connectivity index (χ3v) is 2.89. The summed E-state index contributed by atoms with van der Waals surface area (Å²) in [7, 11) is 1.86. The Morgan fingerprint density at radius 3 is 2.56 bits per heavy atom. The van der Waals surface area contributed by atoms with Crippen LogP contribution in [0.1, 0.15) is 10.6 Å². The number of aromatic nitrogens is 2. The van der Waals surface area contributed by atoms with Crippen molar-refractivity contribution in [1.29, 1.82) is 0 Å². The van der Waals surface area contributed by atoms with Gasteiger partial charge in [-0.3, -0.25) is 4.79 Å². The zero-order valence-corrected chi connectivity index (χ0v) is 8.84. The molecule has 0 spiro atoms. The minimum atomic E-state index is 0.463. The summed E-state index contributed by atoms with van der Waals surface area (Å²) in [5, 5.41) is 2.31. The molecule has 2 aromatic carbocycles. The Balaban J connectivity index is 2.49. The topological polar surface area (TPSA) is 34.9 Å². The van der Waals surface area contributed by atoms with Crippen molar-refractivity contribution in [2.45, 2.75) is 0 Å². The predicted octanol–water partition coefficient (Wildman–Crippen LogP) is 2.54. The lowest BCUT2D eigenvalue weighted by molar-refractivity contribution is 0.111. The van der Waals surface area contributed by atoms with E-state index in [0.717, 1.165) is 28.1 Å². The van der Waals surface area contributed by atoms with Gasteiger partial charge in [-0.25, -0.2) is 4.98 Å². The molecular weight excluding hydrogens is 200 g/mol. The van der Waals surface area contributed by atoms with Gasteiger partial charge >= 0.3 is 0 Å². The van der Waals surface area contributed by atoms with Crippen molar-refractivity contribution in [3.63, 3.8) is 0 Å². The highest BCUT2D eigenvalue weighted by molar-refractivity contribution is 5.96. The van der Waals surface area contributed by atoms with Crippen LogP contribution in [0.2, 0.25) is 0 Å². The number of imidazole rings is 1. The van der Waals surface area contributed by atoms with E-state index in [-0.39, 0.29) is 0 Å². The molecule has 0 atom stereocenters. The lowest BCUT2D eigenvalue weighted by Gasteiger charge is -1.99. The fourth-order valence-corrected chi connectivity index (χ4v) is 2.00. The number of aldehydes is 1. The Bertz CT molecular complexity index is 698. The number of fused-ring (bicyclic) bond motifs is 2. The van der Waals surface area contributed by atoms with E-state index >= 15 is 0 Å². The smallest absolute Gasteiger partial charge is 0.185 e. The monoisotopic (exact) mass is 210 g/mol. The summed E-state index contributed by atoms with van der Waals surface area (Å²) in [6, 6.07) is 12.2. The molecule has 3 rings (SSSR count). The summed E-state index contributed by atoms with van der Waals surface area (Å²) in [6.45, 7) is 0. The zero-order valence-electron chi connectivity index (χ0n) is 8.84. The number of rotatable bonds is 1. The second kappa shape index (κ2) is 3.17. The van der Waals surface area contributed by atoms with E-state index in [1.807, 2.05) is 35.9 Å². The third-order valence-electron chi connectivity index (χ3n) is 2.89. The first-order chi connectivity index (χ1) is 7.79. The maximum Gasteiger partial charge on any atom is 0.185 e. The van der Waals surface area contributed by atoms with E-state index < -0.39 is 0 Å². The summed E-state index contributed by atoms with van der Waals surface area (Å²) < 4.78 is 1.81. The molecule has 0 bridgehead atoms. The molecular formula is C13H10N2O. The van der Waals surface area contributed by atoms with E-state index in [9.17, 15) is 4.79 Å². The zero-order chi connectivity index (χ0) is 11.1. The van der Waals surface area contributed by atoms with Crippen LogP contribution in [0.15, 0.2) is 36.4 Å². The Labute approximate surface area is 92.3 Å². The molecule has 0 saturated carbocycles. The van der Waals surface area contributed by atoms with Gasteiger partial charge in [-0.05, 0) is 22.9 Å². The van der Waals surface area contributed by atoms with Crippen LogP contribution in [0.5, 0.6) is 0 Å². The predicted molar refractivity (Wildman–Crippen MR) is 63.6 cm³/mol. The van der Waals surface area contributed by atoms with Gasteiger partial charge in [0.2, 0.25) is 0 Å². The summed E-state index contributed by atoms with van der Waals surface area (Å²) in [5.41, 5.74) is 1.85. The van der Waals surface area contributed by atoms with Gasteiger partial charge in [0.25, 0.3) is 0 Å². The van der Waals surface area contributed by atoms with E-state index in [1.54, 1.807) is 0 Å². The average Bonchev–Trinajstić information content (AvgIpc) is 2.63. The third kappa shape index (κ3) is 1.15. The second-order valence-electron chi connectivity index (χ2n) is 3.83. The van der Waals surface area contributed by atoms with Gasteiger partial charge in [0.15, 0.2) is 12.1 Å². The number of hydrogen-bond donors (Lipinski definition) is 0. The van der Waals surface area contributed by atoms with Gasteiger partial charge in [-0.15, -0.1) is 0 Å². The molecule has 0 radical (unpaired) electrons. The molecule has 0 amide bonds. The second-order valence-corrected chi connectivity index (χ2v) is 3.83. The van der Waals surface area contributed by atoms with Crippen LogP contribution < -0.4 is 0 Å². The molecule has 3 heteroatoms. The van der Waals surface area contributed by atoms with E-state index in [4.69, 9.17) is 0 Å². The largest absolute Gasteiger partial charge is 0.325 e. The molecule has 1 aromatic heterocycles. The summed E-state index contributed by atoms with van der Waals surface area (Å²) in [4.78, 5) is 15.1. The molecule has 16 heavy (non-hydrogen) atoms. The number of carbonyl (C=O) groups is 1. The summed E-state index contributed by atoms with van der Waals surface area (Å²) in [6.07, 6.45) is 0.782. The SMILES string of the molecule is Cn1c(C=O)nc2cc3ccccc3cc21. The van der Waals surface area contributed by atoms with E-state index in [1.165, 1.54) is 0 Å². The molecule has 3 aromatic rings. The fourth-order valence-electron chi connectivity index (χ4n) is 2.00. The van der Waals surface area contributed by atoms with Gasteiger partial charge in [-0.1, -0.05) is 24.3 Å². The highest BCUT2D eigenvalue weighted by Crippen LogP contribution is 2.22. The Hall–Kier alpha value is -2.16. The number of aryl methyl sites for hydroxylation is 1. The fraction of sp³-hybridized carbons (Fsp3) is 0.0769.